The summed E-state index contributed by atoms with van der Waals surface area (Å²) in [4.78, 5) is 83.9. The van der Waals surface area contributed by atoms with E-state index < -0.39 is 55.0 Å². The number of aromatic nitrogens is 1. The Hall–Kier alpha value is -7.26. The molecule has 4 aliphatic rings. The smallest absolute Gasteiger partial charge is 0.293 e. The van der Waals surface area contributed by atoms with Crippen LogP contribution in [0.5, 0.6) is 0 Å². The molecule has 0 bridgehead atoms. The van der Waals surface area contributed by atoms with Crippen molar-refractivity contribution in [2.24, 2.45) is 10.8 Å². The number of anilines is 2. The van der Waals surface area contributed by atoms with Crippen LogP contribution in [-0.4, -0.2) is 189 Å². The fourth-order valence-electron chi connectivity index (χ4n) is 14.6. The van der Waals surface area contributed by atoms with Gasteiger partial charge in [0.2, 0.25) is 17.7 Å². The van der Waals surface area contributed by atoms with Crippen molar-refractivity contribution < 1.29 is 42.4 Å². The number of likely N-dealkylation sites (tertiary alicyclic amines) is 1. The number of halogens is 1. The molecule has 6 atom stereocenters. The number of carbonyl (C=O) groups excluding carboxylic acids is 4. The van der Waals surface area contributed by atoms with Crippen LogP contribution < -0.4 is 25.6 Å². The molecule has 0 saturated carbocycles. The number of thioether (sulfide) groups is 1. The molecule has 4 heterocycles. The number of ether oxygens (including phenoxy) is 1. The van der Waals surface area contributed by atoms with E-state index in [-0.39, 0.29) is 59.4 Å². The van der Waals surface area contributed by atoms with Crippen LogP contribution in [0.25, 0.3) is 16.0 Å². The third-order valence-corrected chi connectivity index (χ3v) is 24.2. The van der Waals surface area contributed by atoms with Gasteiger partial charge in [-0.3, -0.25) is 39.1 Å². The average molecular weight is 1490 g/mol. The van der Waals surface area contributed by atoms with Crippen LogP contribution in [0.3, 0.4) is 0 Å². The topological polar surface area (TPSA) is 252 Å². The summed E-state index contributed by atoms with van der Waals surface area (Å²) in [7, 11) is -2.91. The van der Waals surface area contributed by atoms with Gasteiger partial charge < -0.3 is 40.5 Å². The molecule has 10 rings (SSSR count). The second-order valence-corrected chi connectivity index (χ2v) is 33.5. The number of thiazole rings is 1. The van der Waals surface area contributed by atoms with E-state index in [1.807, 2.05) is 124 Å². The summed E-state index contributed by atoms with van der Waals surface area (Å²) in [6, 6.07) is 34.6. The van der Waals surface area contributed by atoms with E-state index in [1.54, 1.807) is 47.2 Å². The number of nitrogens with zero attached hydrogens (tertiary/aromatic N) is 7. The number of amides is 4. The molecule has 554 valence electrons. The first-order valence-corrected chi connectivity index (χ1v) is 39.9. The highest BCUT2D eigenvalue weighted by atomic mass is 35.5. The van der Waals surface area contributed by atoms with Crippen molar-refractivity contribution in [1.29, 1.82) is 0 Å². The van der Waals surface area contributed by atoms with Gasteiger partial charge in [0, 0.05) is 138 Å². The number of nitro benzene ring substituents is 1. The molecular weight excluding hydrogens is 1380 g/mol. The number of piperazine rings is 2. The lowest BCUT2D eigenvalue weighted by molar-refractivity contribution is -0.384. The lowest BCUT2D eigenvalue weighted by Gasteiger charge is -2.44. The zero-order chi connectivity index (χ0) is 73.4. The zero-order valence-electron chi connectivity index (χ0n) is 60.5. The summed E-state index contributed by atoms with van der Waals surface area (Å²) in [6.07, 6.45) is 8.02. The summed E-state index contributed by atoms with van der Waals surface area (Å²) in [5, 5.41) is 33.7. The van der Waals surface area contributed by atoms with Gasteiger partial charge in [-0.1, -0.05) is 119 Å². The normalized spacial score (nSPS) is 19.4. The van der Waals surface area contributed by atoms with Gasteiger partial charge in [-0.05, 0) is 153 Å². The molecule has 6 aromatic rings. The number of unbranched alkanes of at least 4 members (excludes halogenated alkanes) is 4. The molecule has 5 N–H and O–H groups in total. The minimum Gasteiger partial charge on any atom is -0.391 e. The third kappa shape index (κ3) is 21.5. The zero-order valence-corrected chi connectivity index (χ0v) is 63.7. The fraction of sp³-hybridized carbons (Fsp3) is 0.500. The summed E-state index contributed by atoms with van der Waals surface area (Å²) < 4.78 is 34.6. The Morgan fingerprint density at radius 2 is 1.54 bits per heavy atom. The standard InChI is InChI=1S/C78H102ClN11O10S3/c1-54(56-19-21-58(22-20-56)72-55(2)81-53-102-72)82-75(94)70-46-64(91)50-89(70)76(95)73(77(3,4)5)80-36-15-10-8-9-14-18-71(92)88-43-39-86(40-44-88)52-78(6)35-33-67(57-23-27-61(79)28-24-57)60(48-78)49-85-37-41-87(42-38-85)63-29-25-59(26-30-63)74(93)84-103(98,99)66-31-32-68(69(47-66)90(96)97)83-62(34-45-100-7)51-101-65-16-12-11-13-17-65/h11-13,16-17,19-32,47,53-54,62,64,70,73,80,83,91H,8-10,14-15,18,33-46,48-52H2,1-7H3,(H,82,94)(H,84,93)/t54-,62+,64+,70-,73+,78?/m0/s1. The number of hydrogen-bond acceptors (Lipinski definition) is 18. The van der Waals surface area contributed by atoms with Gasteiger partial charge in [-0.25, -0.2) is 18.1 Å². The molecule has 4 amide bonds. The van der Waals surface area contributed by atoms with E-state index in [1.165, 1.54) is 28.8 Å². The number of benzene rings is 5. The van der Waals surface area contributed by atoms with Gasteiger partial charge >= 0.3 is 0 Å². The van der Waals surface area contributed by atoms with E-state index in [9.17, 15) is 42.8 Å². The Labute approximate surface area is 621 Å². The molecule has 1 unspecified atom stereocenters. The number of β-amino-alcohol motifs (C(OH)–C–C–N with tert-alkyl or cyclic N) is 1. The molecule has 103 heavy (non-hydrogen) atoms. The largest absolute Gasteiger partial charge is 0.391 e. The van der Waals surface area contributed by atoms with E-state index in [4.69, 9.17) is 16.3 Å². The van der Waals surface area contributed by atoms with Crippen molar-refractivity contribution in [3.63, 3.8) is 0 Å². The Morgan fingerprint density at radius 3 is 2.21 bits per heavy atom. The maximum absolute atomic E-state index is 14.3. The van der Waals surface area contributed by atoms with Crippen LogP contribution in [0.4, 0.5) is 17.1 Å². The molecular formula is C78H102ClN11O10S3. The molecule has 25 heteroatoms. The van der Waals surface area contributed by atoms with Gasteiger partial charge in [0.05, 0.1) is 44.1 Å². The van der Waals surface area contributed by atoms with Gasteiger partial charge in [-0.2, -0.15) is 0 Å². The van der Waals surface area contributed by atoms with Crippen molar-refractivity contribution in [2.75, 3.05) is 108 Å². The molecule has 0 spiro atoms. The third-order valence-electron chi connectivity index (χ3n) is 20.4. The number of nitro groups is 1. The highest BCUT2D eigenvalue weighted by Crippen LogP contribution is 2.44. The first kappa shape index (κ1) is 78.3. The van der Waals surface area contributed by atoms with E-state index in [2.05, 4.69) is 59.4 Å². The van der Waals surface area contributed by atoms with Crippen LogP contribution in [0.1, 0.15) is 138 Å². The number of rotatable bonds is 32. The number of sulfonamides is 1. The molecule has 1 aromatic heterocycles. The van der Waals surface area contributed by atoms with Crippen LogP contribution >= 0.6 is 34.7 Å². The maximum Gasteiger partial charge on any atom is 0.293 e. The SMILES string of the molecule is COCC[C@H](CSc1ccccc1)Nc1ccc(S(=O)(=O)NC(=O)c2ccc(N3CCN(CC4=C(c5ccc(Cl)cc5)CCC(C)(CN5CCN(C(=O)CCCCCCCN[C@H](C(=O)N6C[C@H](O)C[C@H]6C(=O)N[C@@H](C)c6ccc(-c7scnc7C)cc6)C(C)(C)C)CC5)C4)CC3)cc2)cc1[N+](=O)[O-]. The summed E-state index contributed by atoms with van der Waals surface area (Å²) in [6.45, 7) is 21.6. The molecule has 1 aliphatic carbocycles. The van der Waals surface area contributed by atoms with Gasteiger partial charge in [-0.15, -0.1) is 23.1 Å². The number of allylic oxidation sites excluding steroid dienone is 1. The Balaban J connectivity index is 0.640. The van der Waals surface area contributed by atoms with Crippen LogP contribution in [0.15, 0.2) is 142 Å². The lowest BCUT2D eigenvalue weighted by atomic mass is 9.71. The number of aryl methyl sites for hydroxylation is 1. The average Bonchev–Trinajstić information content (AvgIpc) is 1.75. The predicted octanol–water partition coefficient (Wildman–Crippen LogP) is 12.5. The van der Waals surface area contributed by atoms with Crippen molar-refractivity contribution in [3.8, 4) is 10.4 Å². The second kappa shape index (κ2) is 36.2. The number of hydrogen-bond donors (Lipinski definition) is 5. The summed E-state index contributed by atoms with van der Waals surface area (Å²) in [5.74, 6) is -0.511. The maximum atomic E-state index is 14.3. The van der Waals surface area contributed by atoms with E-state index in [0.29, 0.717) is 49.9 Å². The second-order valence-electron chi connectivity index (χ2n) is 29.4. The number of aliphatic hydroxyl groups excluding tert-OH is 1. The Bertz CT molecular complexity index is 3990. The first-order chi connectivity index (χ1) is 49.3. The predicted molar refractivity (Wildman–Crippen MR) is 411 cm³/mol. The minimum atomic E-state index is -4.50. The van der Waals surface area contributed by atoms with E-state index >= 15 is 0 Å². The van der Waals surface area contributed by atoms with Crippen molar-refractivity contribution in [1.82, 2.24) is 39.9 Å². The molecule has 3 aliphatic heterocycles. The molecule has 5 aromatic carbocycles. The van der Waals surface area contributed by atoms with Crippen molar-refractivity contribution in [2.45, 2.75) is 152 Å². The highest BCUT2D eigenvalue weighted by molar-refractivity contribution is 7.99. The molecule has 21 nitrogen and oxygen atoms in total. The van der Waals surface area contributed by atoms with Crippen LogP contribution in [-0.2, 0) is 29.1 Å². The summed E-state index contributed by atoms with van der Waals surface area (Å²) >= 11 is 9.59. The Morgan fingerprint density at radius 1 is 0.864 bits per heavy atom. The number of nitrogens with one attached hydrogen (secondary N) is 4. The van der Waals surface area contributed by atoms with Gasteiger partial charge in [0.1, 0.15) is 11.7 Å². The molecule has 0 radical (unpaired) electrons. The van der Waals surface area contributed by atoms with Crippen LogP contribution in [0.2, 0.25) is 5.02 Å². The minimum absolute atomic E-state index is 0.0385. The van der Waals surface area contributed by atoms with Crippen molar-refractivity contribution in [3.05, 3.63) is 170 Å². The Kier molecular flexibility index (Phi) is 27.5. The quantitative estimate of drug-likeness (QED) is 0.0114. The molecule has 3 saturated heterocycles. The number of carbonyl (C=O) groups is 4. The van der Waals surface area contributed by atoms with Crippen molar-refractivity contribution >= 4 is 91.0 Å². The van der Waals surface area contributed by atoms with Crippen LogP contribution in [0, 0.1) is 27.9 Å². The monoisotopic (exact) mass is 1480 g/mol. The highest BCUT2D eigenvalue weighted by Gasteiger charge is 2.44. The van der Waals surface area contributed by atoms with Gasteiger partial charge in [0.25, 0.3) is 21.6 Å². The molecule has 3 fully saturated rings. The fourth-order valence-corrected chi connectivity index (χ4v) is 17.5. The first-order valence-electron chi connectivity index (χ1n) is 36.2. The number of aliphatic hydroxyl groups is 1. The van der Waals surface area contributed by atoms with E-state index in [0.717, 1.165) is 142 Å². The number of methoxy groups -OCH3 is 1. The lowest BCUT2D eigenvalue weighted by Crippen LogP contribution is -2.56. The van der Waals surface area contributed by atoms with Gasteiger partial charge in [0.15, 0.2) is 0 Å². The summed E-state index contributed by atoms with van der Waals surface area (Å²) in [5.41, 5.74) is 9.22.